The lowest BCUT2D eigenvalue weighted by atomic mass is 10.1. The molecule has 19 heavy (non-hydrogen) atoms. The van der Waals surface area contributed by atoms with Crippen LogP contribution in [0.5, 0.6) is 0 Å². The molecule has 0 atom stereocenters. The van der Waals surface area contributed by atoms with Crippen LogP contribution in [-0.2, 0) is 0 Å². The molecule has 2 aromatic rings. The van der Waals surface area contributed by atoms with E-state index in [1.807, 2.05) is 0 Å². The van der Waals surface area contributed by atoms with Crippen LogP contribution in [0.1, 0.15) is 15.9 Å². The smallest absolute Gasteiger partial charge is 0.250 e. The van der Waals surface area contributed by atoms with Gasteiger partial charge >= 0.3 is 0 Å². The van der Waals surface area contributed by atoms with Gasteiger partial charge in [0.1, 0.15) is 5.82 Å². The Hall–Kier alpha value is -2.56. The normalized spacial score (nSPS) is 10.2. The van der Waals surface area contributed by atoms with Crippen LogP contribution in [0.3, 0.4) is 0 Å². The average molecular weight is 259 g/mol. The highest BCUT2D eigenvalue weighted by Crippen LogP contribution is 2.24. The van der Waals surface area contributed by atoms with Crippen LogP contribution < -0.4 is 16.8 Å². The largest absolute Gasteiger partial charge is 0.399 e. The molecule has 0 aliphatic carbocycles. The summed E-state index contributed by atoms with van der Waals surface area (Å²) in [6.07, 6.45) is 0. The molecule has 0 bridgehead atoms. The summed E-state index contributed by atoms with van der Waals surface area (Å²) in [4.78, 5) is 11.3. The first-order valence-electron chi connectivity index (χ1n) is 5.70. The summed E-state index contributed by atoms with van der Waals surface area (Å²) in [5.74, 6) is -0.913. The van der Waals surface area contributed by atoms with Gasteiger partial charge in [0.25, 0.3) is 5.91 Å². The maximum Gasteiger partial charge on any atom is 0.250 e. The van der Waals surface area contributed by atoms with Crippen molar-refractivity contribution in [3.8, 4) is 0 Å². The van der Waals surface area contributed by atoms with Gasteiger partial charge in [-0.25, -0.2) is 4.39 Å². The van der Waals surface area contributed by atoms with Crippen LogP contribution in [0.15, 0.2) is 36.4 Å². The highest BCUT2D eigenvalue weighted by Gasteiger charge is 2.09. The molecule has 0 unspecified atom stereocenters. The van der Waals surface area contributed by atoms with E-state index in [2.05, 4.69) is 5.32 Å². The third-order valence-corrected chi connectivity index (χ3v) is 2.76. The monoisotopic (exact) mass is 259 g/mol. The Morgan fingerprint density at radius 3 is 2.58 bits per heavy atom. The van der Waals surface area contributed by atoms with Gasteiger partial charge in [-0.15, -0.1) is 0 Å². The van der Waals surface area contributed by atoms with Gasteiger partial charge in [-0.3, -0.25) is 4.79 Å². The van der Waals surface area contributed by atoms with E-state index >= 15 is 0 Å². The number of amides is 1. The van der Waals surface area contributed by atoms with Crippen molar-refractivity contribution in [2.24, 2.45) is 5.73 Å². The number of hydrogen-bond donors (Lipinski definition) is 3. The van der Waals surface area contributed by atoms with Crippen molar-refractivity contribution in [3.05, 3.63) is 53.3 Å². The summed E-state index contributed by atoms with van der Waals surface area (Å²) < 4.78 is 13.5. The minimum atomic E-state index is -0.595. The molecule has 0 saturated carbocycles. The number of aryl methyl sites for hydroxylation is 1. The predicted octanol–water partition coefficient (Wildman–Crippen LogP) is 2.56. The molecule has 5 N–H and O–H groups in total. The van der Waals surface area contributed by atoms with Gasteiger partial charge in [0, 0.05) is 11.4 Å². The fourth-order valence-corrected chi connectivity index (χ4v) is 1.70. The maximum absolute atomic E-state index is 13.5. The van der Waals surface area contributed by atoms with Crippen molar-refractivity contribution in [2.75, 3.05) is 11.1 Å². The molecule has 0 aromatic heterocycles. The van der Waals surface area contributed by atoms with E-state index in [0.29, 0.717) is 22.6 Å². The molecule has 0 heterocycles. The van der Waals surface area contributed by atoms with E-state index in [0.717, 1.165) is 0 Å². The Morgan fingerprint density at radius 1 is 1.21 bits per heavy atom. The number of primary amides is 1. The van der Waals surface area contributed by atoms with E-state index in [-0.39, 0.29) is 11.4 Å². The molecule has 0 fully saturated rings. The Bertz CT molecular complexity index is 641. The lowest BCUT2D eigenvalue weighted by molar-refractivity contribution is 0.100. The Labute approximate surface area is 110 Å². The molecule has 0 aliphatic rings. The number of rotatable bonds is 3. The SMILES string of the molecule is Cc1ccc(Nc2ccc(N)cc2C(N)=O)cc1F. The Morgan fingerprint density at radius 2 is 1.95 bits per heavy atom. The third kappa shape index (κ3) is 2.82. The molecule has 5 heteroatoms. The summed E-state index contributed by atoms with van der Waals surface area (Å²) in [6.45, 7) is 1.68. The molecule has 0 saturated heterocycles. The van der Waals surface area contributed by atoms with E-state index < -0.39 is 5.91 Å². The second-order valence-corrected chi connectivity index (χ2v) is 4.26. The lowest BCUT2D eigenvalue weighted by Crippen LogP contribution is -2.13. The van der Waals surface area contributed by atoms with Gasteiger partial charge in [-0.2, -0.15) is 0 Å². The number of carbonyl (C=O) groups is 1. The second-order valence-electron chi connectivity index (χ2n) is 4.26. The molecule has 4 nitrogen and oxygen atoms in total. The summed E-state index contributed by atoms with van der Waals surface area (Å²) in [6, 6.07) is 9.48. The van der Waals surface area contributed by atoms with Crippen molar-refractivity contribution < 1.29 is 9.18 Å². The lowest BCUT2D eigenvalue weighted by Gasteiger charge is -2.11. The number of benzene rings is 2. The third-order valence-electron chi connectivity index (χ3n) is 2.76. The van der Waals surface area contributed by atoms with Gasteiger partial charge in [0.05, 0.1) is 11.3 Å². The van der Waals surface area contributed by atoms with Crippen molar-refractivity contribution in [3.63, 3.8) is 0 Å². The number of anilines is 3. The van der Waals surface area contributed by atoms with Crippen LogP contribution in [0.4, 0.5) is 21.5 Å². The molecule has 0 spiro atoms. The van der Waals surface area contributed by atoms with Crippen LogP contribution >= 0.6 is 0 Å². The number of nitrogens with one attached hydrogen (secondary N) is 1. The van der Waals surface area contributed by atoms with Crippen molar-refractivity contribution in [1.29, 1.82) is 0 Å². The molecule has 2 rings (SSSR count). The number of halogens is 1. The fraction of sp³-hybridized carbons (Fsp3) is 0.0714. The van der Waals surface area contributed by atoms with Crippen LogP contribution in [0, 0.1) is 12.7 Å². The van der Waals surface area contributed by atoms with Crippen molar-refractivity contribution in [2.45, 2.75) is 6.92 Å². The van der Waals surface area contributed by atoms with Gasteiger partial charge in [-0.1, -0.05) is 6.07 Å². The minimum absolute atomic E-state index is 0.265. The molecule has 2 aromatic carbocycles. The zero-order valence-corrected chi connectivity index (χ0v) is 10.4. The maximum atomic E-state index is 13.5. The second kappa shape index (κ2) is 4.97. The quantitative estimate of drug-likeness (QED) is 0.741. The zero-order valence-electron chi connectivity index (χ0n) is 10.4. The molecular formula is C14H14FN3O. The van der Waals surface area contributed by atoms with Crippen molar-refractivity contribution in [1.82, 2.24) is 0 Å². The standard InChI is InChI=1S/C14H14FN3O/c1-8-2-4-10(7-12(8)15)18-13-5-3-9(16)6-11(13)14(17)19/h2-7,18H,16H2,1H3,(H2,17,19). The van der Waals surface area contributed by atoms with Gasteiger partial charge in [0.15, 0.2) is 0 Å². The van der Waals surface area contributed by atoms with Gasteiger partial charge in [-0.05, 0) is 42.8 Å². The first-order chi connectivity index (χ1) is 8.97. The Kier molecular flexibility index (Phi) is 3.37. The number of nitrogens with two attached hydrogens (primary N) is 2. The molecular weight excluding hydrogens is 245 g/mol. The number of carbonyl (C=O) groups excluding carboxylic acids is 1. The van der Waals surface area contributed by atoms with E-state index in [9.17, 15) is 9.18 Å². The summed E-state index contributed by atoms with van der Waals surface area (Å²) in [5, 5.41) is 2.95. The zero-order chi connectivity index (χ0) is 14.0. The number of nitrogen functional groups attached to an aromatic ring is 1. The predicted molar refractivity (Wildman–Crippen MR) is 73.8 cm³/mol. The van der Waals surface area contributed by atoms with E-state index in [1.54, 1.807) is 31.2 Å². The highest BCUT2D eigenvalue weighted by atomic mass is 19.1. The molecule has 1 amide bonds. The molecule has 0 aliphatic heterocycles. The first-order valence-corrected chi connectivity index (χ1v) is 5.70. The number of hydrogen-bond acceptors (Lipinski definition) is 3. The van der Waals surface area contributed by atoms with Gasteiger partial charge in [0.2, 0.25) is 0 Å². The minimum Gasteiger partial charge on any atom is -0.399 e. The summed E-state index contributed by atoms with van der Waals surface area (Å²) in [5.41, 5.74) is 13.2. The fourth-order valence-electron chi connectivity index (χ4n) is 1.70. The Balaban J connectivity index is 2.37. The first kappa shape index (κ1) is 12.9. The average Bonchev–Trinajstić information content (AvgIpc) is 2.36. The molecule has 98 valence electrons. The summed E-state index contributed by atoms with van der Waals surface area (Å²) in [7, 11) is 0. The van der Waals surface area contributed by atoms with Crippen LogP contribution in [0.2, 0.25) is 0 Å². The van der Waals surface area contributed by atoms with Crippen molar-refractivity contribution >= 4 is 23.0 Å². The molecule has 0 radical (unpaired) electrons. The highest BCUT2D eigenvalue weighted by molar-refractivity contribution is 6.00. The van der Waals surface area contributed by atoms with Crippen LogP contribution in [-0.4, -0.2) is 5.91 Å². The van der Waals surface area contributed by atoms with E-state index in [1.165, 1.54) is 12.1 Å². The summed E-state index contributed by atoms with van der Waals surface area (Å²) >= 11 is 0. The topological polar surface area (TPSA) is 81.1 Å². The van der Waals surface area contributed by atoms with Crippen LogP contribution in [0.25, 0.3) is 0 Å². The van der Waals surface area contributed by atoms with Gasteiger partial charge < -0.3 is 16.8 Å². The van der Waals surface area contributed by atoms with E-state index in [4.69, 9.17) is 11.5 Å².